The molecule has 2 aromatic carbocycles. The number of H-pyrrole nitrogens is 1. The predicted molar refractivity (Wildman–Crippen MR) is 160 cm³/mol. The number of amides is 2. The molecule has 0 unspecified atom stereocenters. The summed E-state index contributed by atoms with van der Waals surface area (Å²) < 4.78 is 5.59. The van der Waals surface area contributed by atoms with Crippen LogP contribution in [0.1, 0.15) is 83.3 Å². The van der Waals surface area contributed by atoms with Crippen LogP contribution >= 0.6 is 0 Å². The minimum Gasteiger partial charge on any atom is -0.494 e. The van der Waals surface area contributed by atoms with Crippen molar-refractivity contribution in [2.45, 2.75) is 85.1 Å². The van der Waals surface area contributed by atoms with Crippen LogP contribution in [0.2, 0.25) is 0 Å². The van der Waals surface area contributed by atoms with Crippen molar-refractivity contribution in [2.24, 2.45) is 0 Å². The maximum absolute atomic E-state index is 13.7. The summed E-state index contributed by atoms with van der Waals surface area (Å²) in [4.78, 5) is 33.9. The number of nitrogens with one attached hydrogen (secondary N) is 1. The highest BCUT2D eigenvalue weighted by atomic mass is 16.5. The van der Waals surface area contributed by atoms with E-state index in [4.69, 9.17) is 4.74 Å². The lowest BCUT2D eigenvalue weighted by Crippen LogP contribution is -2.43. The molecule has 2 amide bonds. The van der Waals surface area contributed by atoms with Gasteiger partial charge in [-0.05, 0) is 55.5 Å². The van der Waals surface area contributed by atoms with Gasteiger partial charge in [0, 0.05) is 43.2 Å². The summed E-state index contributed by atoms with van der Waals surface area (Å²) in [6.45, 7) is 8.76. The molecule has 0 bridgehead atoms. The van der Waals surface area contributed by atoms with Gasteiger partial charge < -0.3 is 19.5 Å². The number of unbranched alkanes of at least 4 members (excludes halogenated alkanes) is 5. The van der Waals surface area contributed by atoms with Gasteiger partial charge in [-0.2, -0.15) is 0 Å². The normalized spacial score (nSPS) is 11.1. The van der Waals surface area contributed by atoms with E-state index in [1.807, 2.05) is 54.4 Å². The number of carbonyl (C=O) groups is 2. The second-order valence-electron chi connectivity index (χ2n) is 10.3. The van der Waals surface area contributed by atoms with Crippen LogP contribution in [-0.4, -0.2) is 52.8 Å². The molecule has 212 valence electrons. The number of hydrogen-bond donors (Lipinski definition) is 1. The van der Waals surface area contributed by atoms with Gasteiger partial charge in [-0.25, -0.2) is 0 Å². The highest BCUT2D eigenvalue weighted by Crippen LogP contribution is 2.20. The lowest BCUT2D eigenvalue weighted by atomic mass is 10.1. The zero-order valence-electron chi connectivity index (χ0n) is 24.2. The monoisotopic (exact) mass is 533 g/mol. The van der Waals surface area contributed by atoms with Crippen molar-refractivity contribution in [2.75, 3.05) is 26.2 Å². The van der Waals surface area contributed by atoms with Gasteiger partial charge in [-0.3, -0.25) is 9.59 Å². The van der Waals surface area contributed by atoms with Crippen molar-refractivity contribution in [3.8, 4) is 5.75 Å². The van der Waals surface area contributed by atoms with Gasteiger partial charge in [0.1, 0.15) is 5.75 Å². The van der Waals surface area contributed by atoms with Crippen molar-refractivity contribution in [1.29, 1.82) is 0 Å². The minimum atomic E-state index is -0.000776. The molecule has 6 heteroatoms. The Morgan fingerprint density at radius 1 is 0.795 bits per heavy atom. The van der Waals surface area contributed by atoms with E-state index >= 15 is 0 Å². The molecule has 39 heavy (non-hydrogen) atoms. The Morgan fingerprint density at radius 2 is 1.54 bits per heavy atom. The maximum Gasteiger partial charge on any atom is 0.242 e. The molecular formula is C33H47N3O3. The van der Waals surface area contributed by atoms with Crippen LogP contribution in [0.25, 0.3) is 10.9 Å². The number of ether oxygens (including phenoxy) is 1. The summed E-state index contributed by atoms with van der Waals surface area (Å²) in [6, 6.07) is 16.2. The molecule has 6 nitrogen and oxygen atoms in total. The summed E-state index contributed by atoms with van der Waals surface area (Å²) >= 11 is 0. The smallest absolute Gasteiger partial charge is 0.242 e. The van der Waals surface area contributed by atoms with E-state index in [2.05, 4.69) is 31.0 Å². The molecule has 0 radical (unpaired) electrons. The molecule has 0 saturated heterocycles. The highest BCUT2D eigenvalue weighted by Gasteiger charge is 2.21. The number of para-hydroxylation sites is 1. The van der Waals surface area contributed by atoms with E-state index in [1.165, 1.54) is 30.2 Å². The zero-order chi connectivity index (χ0) is 27.9. The number of aromatic amines is 1. The molecule has 0 saturated carbocycles. The fraction of sp³-hybridized carbons (Fsp3) is 0.515. The third kappa shape index (κ3) is 9.76. The number of fused-ring (bicyclic) bond motifs is 1. The third-order valence-corrected chi connectivity index (χ3v) is 7.24. The first-order chi connectivity index (χ1) is 19.0. The van der Waals surface area contributed by atoms with Crippen molar-refractivity contribution >= 4 is 22.7 Å². The van der Waals surface area contributed by atoms with E-state index in [9.17, 15) is 9.59 Å². The van der Waals surface area contributed by atoms with E-state index in [1.54, 1.807) is 4.90 Å². The second kappa shape index (κ2) is 16.6. The van der Waals surface area contributed by atoms with Crippen LogP contribution < -0.4 is 4.74 Å². The molecule has 1 heterocycles. The molecule has 0 atom stereocenters. The molecule has 0 aliphatic heterocycles. The summed E-state index contributed by atoms with van der Waals surface area (Å²) in [5.41, 5.74) is 3.35. The molecule has 3 aromatic rings. The Hall–Kier alpha value is -3.28. The highest BCUT2D eigenvalue weighted by molar-refractivity contribution is 5.85. The van der Waals surface area contributed by atoms with Crippen LogP contribution in [-0.2, 0) is 22.6 Å². The van der Waals surface area contributed by atoms with Crippen molar-refractivity contribution in [1.82, 2.24) is 14.8 Å². The van der Waals surface area contributed by atoms with Gasteiger partial charge in [0.05, 0.1) is 13.2 Å². The van der Waals surface area contributed by atoms with Gasteiger partial charge in [0.25, 0.3) is 0 Å². The zero-order valence-corrected chi connectivity index (χ0v) is 24.2. The molecule has 1 aromatic heterocycles. The van der Waals surface area contributed by atoms with E-state index in [0.717, 1.165) is 48.9 Å². The fourth-order valence-electron chi connectivity index (χ4n) is 4.91. The van der Waals surface area contributed by atoms with Crippen LogP contribution in [0.3, 0.4) is 0 Å². The molecule has 3 rings (SSSR count). The minimum absolute atomic E-state index is 0.000776. The van der Waals surface area contributed by atoms with Gasteiger partial charge in [-0.15, -0.1) is 0 Å². The Kier molecular flexibility index (Phi) is 12.9. The van der Waals surface area contributed by atoms with Gasteiger partial charge in [0.2, 0.25) is 11.8 Å². The second-order valence-corrected chi connectivity index (χ2v) is 10.3. The third-order valence-electron chi connectivity index (χ3n) is 7.24. The van der Waals surface area contributed by atoms with Crippen LogP contribution in [0.5, 0.6) is 5.75 Å². The van der Waals surface area contributed by atoms with Crippen molar-refractivity contribution in [3.05, 3.63) is 65.9 Å². The number of benzene rings is 2. The number of aromatic nitrogens is 1. The summed E-state index contributed by atoms with van der Waals surface area (Å²) in [6.07, 6.45) is 10.7. The van der Waals surface area contributed by atoms with Crippen molar-refractivity contribution in [3.63, 3.8) is 0 Å². The van der Waals surface area contributed by atoms with E-state index in [-0.39, 0.29) is 18.4 Å². The summed E-state index contributed by atoms with van der Waals surface area (Å²) in [7, 11) is 0. The van der Waals surface area contributed by atoms with Gasteiger partial charge >= 0.3 is 0 Å². The number of hydrogen-bond acceptors (Lipinski definition) is 3. The quantitative estimate of drug-likeness (QED) is 0.177. The first-order valence-corrected chi connectivity index (χ1v) is 14.9. The standard InChI is InChI=1S/C33H47N3O3/c1-4-7-9-10-11-16-32(37)35(22-8-5-2)26-33(38)36(25-27-17-19-29(20-18-27)39-6-3)23-21-28-24-34-31-15-13-12-14-30(28)31/h12-15,17-20,24,34H,4-11,16,21-23,25-26H2,1-3H3. The SMILES string of the molecule is CCCCCCCC(=O)N(CCCC)CC(=O)N(CCc1c[nH]c2ccccc12)Cc1ccc(OCC)cc1. The predicted octanol–water partition coefficient (Wildman–Crippen LogP) is 7.13. The van der Waals surface area contributed by atoms with Crippen LogP contribution in [0.4, 0.5) is 0 Å². The molecular weight excluding hydrogens is 486 g/mol. The average Bonchev–Trinajstić information content (AvgIpc) is 3.37. The van der Waals surface area contributed by atoms with Gasteiger partial charge in [0.15, 0.2) is 0 Å². The molecule has 0 spiro atoms. The Balaban J connectivity index is 1.71. The molecule has 0 fully saturated rings. The Bertz CT molecular complexity index is 1140. The number of nitrogens with zero attached hydrogens (tertiary/aromatic N) is 2. The fourth-order valence-corrected chi connectivity index (χ4v) is 4.91. The van der Waals surface area contributed by atoms with E-state index < -0.39 is 0 Å². The lowest BCUT2D eigenvalue weighted by molar-refractivity contribution is -0.141. The molecule has 1 N–H and O–H groups in total. The molecule has 0 aliphatic carbocycles. The van der Waals surface area contributed by atoms with E-state index in [0.29, 0.717) is 32.7 Å². The summed E-state index contributed by atoms with van der Waals surface area (Å²) in [5.74, 6) is 0.929. The largest absolute Gasteiger partial charge is 0.494 e. The Morgan fingerprint density at radius 3 is 2.28 bits per heavy atom. The number of rotatable bonds is 18. The number of carbonyl (C=O) groups excluding carboxylic acids is 2. The first kappa shape index (κ1) is 30.3. The van der Waals surface area contributed by atoms with Crippen molar-refractivity contribution < 1.29 is 14.3 Å². The van der Waals surface area contributed by atoms with Gasteiger partial charge in [-0.1, -0.05) is 76.3 Å². The van der Waals surface area contributed by atoms with Crippen LogP contribution in [0, 0.1) is 0 Å². The first-order valence-electron chi connectivity index (χ1n) is 14.9. The Labute approximate surface area is 234 Å². The topological polar surface area (TPSA) is 65.6 Å². The molecule has 0 aliphatic rings. The lowest BCUT2D eigenvalue weighted by Gasteiger charge is -2.28. The maximum atomic E-state index is 13.7. The summed E-state index contributed by atoms with van der Waals surface area (Å²) in [5, 5.41) is 1.19. The van der Waals surface area contributed by atoms with Crippen LogP contribution in [0.15, 0.2) is 54.7 Å². The average molecular weight is 534 g/mol.